The topological polar surface area (TPSA) is 77.8 Å². The van der Waals surface area contributed by atoms with E-state index in [1.807, 2.05) is 65.6 Å². The Morgan fingerprint density at radius 1 is 0.826 bits per heavy atom. The molecule has 23 heavy (non-hydrogen) atoms. The van der Waals surface area contributed by atoms with E-state index in [0.29, 0.717) is 0 Å². The fourth-order valence-electron chi connectivity index (χ4n) is 3.08. The molecule has 0 atom stereocenters. The highest BCUT2D eigenvalue weighted by Gasteiger charge is 2.57. The normalized spacial score (nSPS) is 16.7. The summed E-state index contributed by atoms with van der Waals surface area (Å²) in [5, 5.41) is 18.6. The van der Waals surface area contributed by atoms with Gasteiger partial charge in [-0.1, -0.05) is 60.7 Å². The third kappa shape index (κ3) is 2.59. The van der Waals surface area contributed by atoms with Crippen molar-refractivity contribution in [3.8, 4) is 0 Å². The van der Waals surface area contributed by atoms with Crippen LogP contribution < -0.4 is 0 Å². The molecule has 2 aromatic carbocycles. The SMILES string of the molecule is O=C(O)C1(C(=O)O)CN(C(c2ccccc2)c2ccccc2)C1. The van der Waals surface area contributed by atoms with Gasteiger partial charge in [-0.2, -0.15) is 0 Å². The van der Waals surface area contributed by atoms with Gasteiger partial charge >= 0.3 is 11.9 Å². The van der Waals surface area contributed by atoms with E-state index < -0.39 is 17.4 Å². The van der Waals surface area contributed by atoms with Crippen molar-refractivity contribution < 1.29 is 19.8 Å². The first-order valence-electron chi connectivity index (χ1n) is 7.35. The van der Waals surface area contributed by atoms with E-state index in [9.17, 15) is 19.8 Å². The molecule has 5 heteroatoms. The van der Waals surface area contributed by atoms with Gasteiger partial charge in [0.25, 0.3) is 0 Å². The van der Waals surface area contributed by atoms with Gasteiger partial charge in [0.15, 0.2) is 5.41 Å². The Morgan fingerprint density at radius 2 is 1.22 bits per heavy atom. The number of nitrogens with zero attached hydrogens (tertiary/aromatic N) is 1. The molecule has 0 aromatic heterocycles. The molecule has 0 bridgehead atoms. The second-order valence-corrected chi connectivity index (χ2v) is 5.82. The highest BCUT2D eigenvalue weighted by atomic mass is 16.4. The predicted molar refractivity (Wildman–Crippen MR) is 84.0 cm³/mol. The minimum Gasteiger partial charge on any atom is -0.480 e. The van der Waals surface area contributed by atoms with Gasteiger partial charge in [0.1, 0.15) is 0 Å². The second kappa shape index (κ2) is 5.85. The first kappa shape index (κ1) is 15.2. The number of benzene rings is 2. The number of hydrogen-bond donors (Lipinski definition) is 2. The van der Waals surface area contributed by atoms with E-state index in [4.69, 9.17) is 0 Å². The van der Waals surface area contributed by atoms with Crippen LogP contribution in [0.5, 0.6) is 0 Å². The molecular formula is C18H17NO4. The van der Waals surface area contributed by atoms with Crippen molar-refractivity contribution in [1.82, 2.24) is 4.90 Å². The summed E-state index contributed by atoms with van der Waals surface area (Å²) < 4.78 is 0. The zero-order chi connectivity index (χ0) is 16.4. The Balaban J connectivity index is 1.93. The molecule has 1 aliphatic rings. The lowest BCUT2D eigenvalue weighted by Gasteiger charge is -2.48. The van der Waals surface area contributed by atoms with Crippen molar-refractivity contribution in [1.29, 1.82) is 0 Å². The molecule has 0 radical (unpaired) electrons. The van der Waals surface area contributed by atoms with Crippen molar-refractivity contribution in [2.45, 2.75) is 6.04 Å². The number of hydrogen-bond acceptors (Lipinski definition) is 3. The zero-order valence-electron chi connectivity index (χ0n) is 12.4. The monoisotopic (exact) mass is 311 g/mol. The predicted octanol–water partition coefficient (Wildman–Crippen LogP) is 2.25. The quantitative estimate of drug-likeness (QED) is 0.828. The summed E-state index contributed by atoms with van der Waals surface area (Å²) >= 11 is 0. The fourth-order valence-corrected chi connectivity index (χ4v) is 3.08. The van der Waals surface area contributed by atoms with E-state index in [2.05, 4.69) is 0 Å². The van der Waals surface area contributed by atoms with E-state index in [-0.39, 0.29) is 19.1 Å². The minimum absolute atomic E-state index is 0.00782. The maximum Gasteiger partial charge on any atom is 0.323 e. The molecule has 0 unspecified atom stereocenters. The molecule has 1 fully saturated rings. The van der Waals surface area contributed by atoms with Crippen LogP contribution in [0.1, 0.15) is 17.2 Å². The number of carbonyl (C=O) groups is 2. The van der Waals surface area contributed by atoms with Gasteiger partial charge in [0.05, 0.1) is 6.04 Å². The molecule has 0 saturated carbocycles. The third-order valence-corrected chi connectivity index (χ3v) is 4.36. The summed E-state index contributed by atoms with van der Waals surface area (Å²) in [5.74, 6) is -2.55. The number of carboxylic acids is 2. The molecule has 2 aromatic rings. The summed E-state index contributed by atoms with van der Waals surface area (Å²) in [5.41, 5.74) is 0.327. The largest absolute Gasteiger partial charge is 0.480 e. The van der Waals surface area contributed by atoms with Crippen molar-refractivity contribution in [3.63, 3.8) is 0 Å². The summed E-state index contributed by atoms with van der Waals surface area (Å²) in [6, 6.07) is 19.3. The Kier molecular flexibility index (Phi) is 3.88. The van der Waals surface area contributed by atoms with E-state index >= 15 is 0 Å². The zero-order valence-corrected chi connectivity index (χ0v) is 12.4. The van der Waals surface area contributed by atoms with Crippen LogP contribution in [0.15, 0.2) is 60.7 Å². The Bertz CT molecular complexity index is 653. The van der Waals surface area contributed by atoms with Crippen LogP contribution in [0.4, 0.5) is 0 Å². The molecule has 0 spiro atoms. The van der Waals surface area contributed by atoms with Crippen LogP contribution in [0.25, 0.3) is 0 Å². The fraction of sp³-hybridized carbons (Fsp3) is 0.222. The Hall–Kier alpha value is -2.66. The highest BCUT2D eigenvalue weighted by molar-refractivity contribution is 6.00. The molecule has 1 saturated heterocycles. The molecule has 3 rings (SSSR count). The van der Waals surface area contributed by atoms with Crippen LogP contribution in [-0.4, -0.2) is 40.1 Å². The van der Waals surface area contributed by atoms with Gasteiger partial charge in [-0.25, -0.2) is 0 Å². The van der Waals surface area contributed by atoms with Crippen molar-refractivity contribution >= 4 is 11.9 Å². The molecule has 5 nitrogen and oxygen atoms in total. The number of likely N-dealkylation sites (tertiary alicyclic amines) is 1. The van der Waals surface area contributed by atoms with E-state index in [1.54, 1.807) is 0 Å². The smallest absolute Gasteiger partial charge is 0.323 e. The molecule has 2 N–H and O–H groups in total. The van der Waals surface area contributed by atoms with Crippen LogP contribution >= 0.6 is 0 Å². The standard InChI is InChI=1S/C18H17NO4/c20-16(21)18(17(22)23)11-19(12-18)15(13-7-3-1-4-8-13)14-9-5-2-6-10-14/h1-10,15H,11-12H2,(H,20,21)(H,22,23). The Morgan fingerprint density at radius 3 is 1.57 bits per heavy atom. The van der Waals surface area contributed by atoms with Gasteiger partial charge in [-0.15, -0.1) is 0 Å². The van der Waals surface area contributed by atoms with Crippen LogP contribution in [0.2, 0.25) is 0 Å². The van der Waals surface area contributed by atoms with Crippen molar-refractivity contribution in [2.75, 3.05) is 13.1 Å². The maximum atomic E-state index is 11.4. The first-order chi connectivity index (χ1) is 11.0. The summed E-state index contributed by atoms with van der Waals surface area (Å²) in [7, 11) is 0. The summed E-state index contributed by atoms with van der Waals surface area (Å²) in [6.45, 7) is -0.0156. The summed E-state index contributed by atoms with van der Waals surface area (Å²) in [6.07, 6.45) is 0. The molecule has 1 aliphatic heterocycles. The number of aliphatic carboxylic acids is 2. The Labute approximate surface area is 133 Å². The van der Waals surface area contributed by atoms with E-state index in [0.717, 1.165) is 11.1 Å². The van der Waals surface area contributed by atoms with Gasteiger partial charge in [-0.05, 0) is 11.1 Å². The molecule has 1 heterocycles. The van der Waals surface area contributed by atoms with Gasteiger partial charge in [-0.3, -0.25) is 14.5 Å². The van der Waals surface area contributed by atoms with Crippen molar-refractivity contribution in [3.05, 3.63) is 71.8 Å². The maximum absolute atomic E-state index is 11.4. The van der Waals surface area contributed by atoms with Gasteiger partial charge < -0.3 is 10.2 Å². The number of carboxylic acid groups (broad SMARTS) is 2. The average molecular weight is 311 g/mol. The minimum atomic E-state index is -1.71. The first-order valence-corrected chi connectivity index (χ1v) is 7.35. The lowest BCUT2D eigenvalue weighted by Crippen LogP contribution is -2.65. The van der Waals surface area contributed by atoms with Crippen LogP contribution in [0, 0.1) is 5.41 Å². The third-order valence-electron chi connectivity index (χ3n) is 4.36. The lowest BCUT2D eigenvalue weighted by molar-refractivity contribution is -0.179. The number of rotatable bonds is 5. The highest BCUT2D eigenvalue weighted by Crippen LogP contribution is 2.40. The molecule has 0 amide bonds. The van der Waals surface area contributed by atoms with Gasteiger partial charge in [0.2, 0.25) is 0 Å². The van der Waals surface area contributed by atoms with Gasteiger partial charge in [0, 0.05) is 13.1 Å². The van der Waals surface area contributed by atoms with Crippen LogP contribution in [-0.2, 0) is 9.59 Å². The molecule has 118 valence electrons. The van der Waals surface area contributed by atoms with Crippen molar-refractivity contribution in [2.24, 2.45) is 5.41 Å². The average Bonchev–Trinajstić information content (AvgIpc) is 2.51. The van der Waals surface area contributed by atoms with E-state index in [1.165, 1.54) is 0 Å². The second-order valence-electron chi connectivity index (χ2n) is 5.82. The molecule has 0 aliphatic carbocycles. The van der Waals surface area contributed by atoms with Crippen LogP contribution in [0.3, 0.4) is 0 Å². The lowest BCUT2D eigenvalue weighted by atomic mass is 9.77. The summed E-state index contributed by atoms with van der Waals surface area (Å²) in [4.78, 5) is 24.7. The molecular weight excluding hydrogens is 294 g/mol.